The average Bonchev–Trinajstić information content (AvgIpc) is 2.46. The molecular weight excluding hydrogens is 232 g/mol. The summed E-state index contributed by atoms with van der Waals surface area (Å²) in [6, 6.07) is 5.16. The Morgan fingerprint density at radius 3 is 2.83 bits per heavy atom. The van der Waals surface area contributed by atoms with E-state index in [9.17, 15) is 4.79 Å². The van der Waals surface area contributed by atoms with E-state index in [1.807, 2.05) is 12.1 Å². The predicted octanol–water partition coefficient (Wildman–Crippen LogP) is 0.810. The fourth-order valence-corrected chi connectivity index (χ4v) is 1.35. The molecule has 0 saturated carbocycles. The van der Waals surface area contributed by atoms with Crippen molar-refractivity contribution in [3.05, 3.63) is 48.2 Å². The van der Waals surface area contributed by atoms with Crippen molar-refractivity contribution in [1.82, 2.24) is 20.3 Å². The van der Waals surface area contributed by atoms with Gasteiger partial charge in [0.15, 0.2) is 0 Å². The zero-order chi connectivity index (χ0) is 12.8. The van der Waals surface area contributed by atoms with Crippen LogP contribution in [0.4, 0.5) is 0 Å². The van der Waals surface area contributed by atoms with Crippen molar-refractivity contribution in [2.24, 2.45) is 0 Å². The Balaban J connectivity index is 1.99. The molecule has 0 bridgehead atoms. The van der Waals surface area contributed by atoms with E-state index >= 15 is 0 Å². The van der Waals surface area contributed by atoms with E-state index in [2.05, 4.69) is 20.3 Å². The molecule has 6 heteroatoms. The van der Waals surface area contributed by atoms with E-state index in [0.717, 1.165) is 5.56 Å². The molecule has 2 aromatic heterocycles. The molecule has 2 aromatic rings. The van der Waals surface area contributed by atoms with Crippen LogP contribution in [-0.2, 0) is 6.54 Å². The van der Waals surface area contributed by atoms with Crippen molar-refractivity contribution in [2.75, 3.05) is 7.11 Å². The Morgan fingerprint density at radius 1 is 1.33 bits per heavy atom. The Labute approximate surface area is 104 Å². The molecular formula is C12H12N4O2. The fraction of sp³-hybridized carbons (Fsp3) is 0.167. The maximum atomic E-state index is 11.8. The number of aromatic nitrogens is 3. The third-order valence-electron chi connectivity index (χ3n) is 2.29. The number of ether oxygens (including phenoxy) is 1. The van der Waals surface area contributed by atoms with Crippen molar-refractivity contribution >= 4 is 5.91 Å². The number of rotatable bonds is 4. The topological polar surface area (TPSA) is 77.0 Å². The van der Waals surface area contributed by atoms with Gasteiger partial charge in [0.25, 0.3) is 5.91 Å². The van der Waals surface area contributed by atoms with Gasteiger partial charge in [-0.3, -0.25) is 9.78 Å². The molecule has 0 fully saturated rings. The first-order valence-corrected chi connectivity index (χ1v) is 5.32. The molecule has 0 saturated heterocycles. The summed E-state index contributed by atoms with van der Waals surface area (Å²) >= 11 is 0. The second-order valence-corrected chi connectivity index (χ2v) is 3.48. The Morgan fingerprint density at radius 2 is 2.11 bits per heavy atom. The van der Waals surface area contributed by atoms with Gasteiger partial charge in [0.05, 0.1) is 7.11 Å². The standard InChI is InChI=1S/C12H12N4O2/c1-18-11-6-10(15-8-16-11)12(17)14-7-9-2-4-13-5-3-9/h2-6,8H,7H2,1H3,(H,14,17). The summed E-state index contributed by atoms with van der Waals surface area (Å²) < 4.78 is 4.93. The highest BCUT2D eigenvalue weighted by Crippen LogP contribution is 2.05. The van der Waals surface area contributed by atoms with E-state index in [4.69, 9.17) is 4.74 Å². The highest BCUT2D eigenvalue weighted by molar-refractivity contribution is 5.92. The van der Waals surface area contributed by atoms with E-state index < -0.39 is 0 Å². The maximum Gasteiger partial charge on any atom is 0.270 e. The first kappa shape index (κ1) is 12.0. The second kappa shape index (κ2) is 5.72. The van der Waals surface area contributed by atoms with Crippen LogP contribution in [0.5, 0.6) is 5.88 Å². The third kappa shape index (κ3) is 3.00. The van der Waals surface area contributed by atoms with Gasteiger partial charge >= 0.3 is 0 Å². The Kier molecular flexibility index (Phi) is 3.80. The van der Waals surface area contributed by atoms with Gasteiger partial charge in [-0.05, 0) is 17.7 Å². The minimum atomic E-state index is -0.271. The largest absolute Gasteiger partial charge is 0.481 e. The van der Waals surface area contributed by atoms with Gasteiger partial charge in [-0.15, -0.1) is 0 Å². The minimum Gasteiger partial charge on any atom is -0.481 e. The van der Waals surface area contributed by atoms with E-state index in [0.29, 0.717) is 12.4 Å². The molecule has 1 N–H and O–H groups in total. The molecule has 0 radical (unpaired) electrons. The number of nitrogens with zero attached hydrogens (tertiary/aromatic N) is 3. The van der Waals surface area contributed by atoms with Crippen molar-refractivity contribution in [3.8, 4) is 5.88 Å². The molecule has 1 amide bonds. The third-order valence-corrected chi connectivity index (χ3v) is 2.29. The summed E-state index contributed by atoms with van der Waals surface area (Å²) in [6.07, 6.45) is 4.64. The van der Waals surface area contributed by atoms with E-state index in [1.165, 1.54) is 19.5 Å². The normalized spacial score (nSPS) is 9.83. The van der Waals surface area contributed by atoms with Gasteiger partial charge in [-0.1, -0.05) is 0 Å². The van der Waals surface area contributed by atoms with Crippen LogP contribution in [0.25, 0.3) is 0 Å². The van der Waals surface area contributed by atoms with Gasteiger partial charge in [0.2, 0.25) is 5.88 Å². The fourth-order valence-electron chi connectivity index (χ4n) is 1.35. The molecule has 0 unspecified atom stereocenters. The minimum absolute atomic E-state index is 0.271. The van der Waals surface area contributed by atoms with Gasteiger partial charge in [0, 0.05) is 25.0 Å². The second-order valence-electron chi connectivity index (χ2n) is 3.48. The first-order valence-electron chi connectivity index (χ1n) is 5.32. The van der Waals surface area contributed by atoms with Crippen molar-refractivity contribution in [1.29, 1.82) is 0 Å². The van der Waals surface area contributed by atoms with Crippen molar-refractivity contribution in [2.45, 2.75) is 6.54 Å². The molecule has 0 aromatic carbocycles. The summed E-state index contributed by atoms with van der Waals surface area (Å²) in [5.41, 5.74) is 1.25. The first-order chi connectivity index (χ1) is 8.79. The summed E-state index contributed by atoms with van der Waals surface area (Å²) in [7, 11) is 1.49. The van der Waals surface area contributed by atoms with Crippen LogP contribution >= 0.6 is 0 Å². The monoisotopic (exact) mass is 244 g/mol. The van der Waals surface area contributed by atoms with Crippen LogP contribution in [0.1, 0.15) is 16.1 Å². The lowest BCUT2D eigenvalue weighted by atomic mass is 10.2. The smallest absolute Gasteiger partial charge is 0.270 e. The molecule has 18 heavy (non-hydrogen) atoms. The zero-order valence-corrected chi connectivity index (χ0v) is 9.83. The highest BCUT2D eigenvalue weighted by Gasteiger charge is 2.08. The molecule has 0 atom stereocenters. The molecule has 92 valence electrons. The maximum absolute atomic E-state index is 11.8. The number of hydrogen-bond donors (Lipinski definition) is 1. The molecule has 0 aliphatic rings. The lowest BCUT2D eigenvalue weighted by Gasteiger charge is -2.05. The number of carbonyl (C=O) groups is 1. The lowest BCUT2D eigenvalue weighted by molar-refractivity contribution is 0.0945. The molecule has 6 nitrogen and oxygen atoms in total. The molecule has 0 spiro atoms. The molecule has 0 aliphatic carbocycles. The summed E-state index contributed by atoms with van der Waals surface area (Å²) in [5.74, 6) is 0.0894. The SMILES string of the molecule is COc1cc(C(=O)NCc2ccncc2)ncn1. The van der Waals surface area contributed by atoms with Gasteiger partial charge in [-0.25, -0.2) is 9.97 Å². The molecule has 2 heterocycles. The Bertz CT molecular complexity index is 531. The van der Waals surface area contributed by atoms with Crippen LogP contribution in [0.15, 0.2) is 36.9 Å². The number of nitrogens with one attached hydrogen (secondary N) is 1. The number of hydrogen-bond acceptors (Lipinski definition) is 5. The number of amides is 1. The van der Waals surface area contributed by atoms with Crippen molar-refractivity contribution in [3.63, 3.8) is 0 Å². The van der Waals surface area contributed by atoms with Crippen LogP contribution in [-0.4, -0.2) is 28.0 Å². The van der Waals surface area contributed by atoms with Crippen molar-refractivity contribution < 1.29 is 9.53 Å². The number of pyridine rings is 1. The van der Waals surface area contributed by atoms with Crippen LogP contribution in [0.3, 0.4) is 0 Å². The molecule has 2 rings (SSSR count). The zero-order valence-electron chi connectivity index (χ0n) is 9.83. The average molecular weight is 244 g/mol. The van der Waals surface area contributed by atoms with Gasteiger partial charge in [0.1, 0.15) is 12.0 Å². The van der Waals surface area contributed by atoms with Crippen LogP contribution in [0.2, 0.25) is 0 Å². The number of methoxy groups -OCH3 is 1. The van der Waals surface area contributed by atoms with Crippen LogP contribution < -0.4 is 10.1 Å². The molecule has 0 aliphatic heterocycles. The Hall–Kier alpha value is -2.50. The number of carbonyl (C=O) groups excluding carboxylic acids is 1. The lowest BCUT2D eigenvalue weighted by Crippen LogP contribution is -2.23. The summed E-state index contributed by atoms with van der Waals surface area (Å²) in [4.78, 5) is 23.4. The summed E-state index contributed by atoms with van der Waals surface area (Å²) in [5, 5.41) is 2.75. The quantitative estimate of drug-likeness (QED) is 0.861. The van der Waals surface area contributed by atoms with Gasteiger partial charge in [-0.2, -0.15) is 0 Å². The van der Waals surface area contributed by atoms with Crippen LogP contribution in [0, 0.1) is 0 Å². The van der Waals surface area contributed by atoms with E-state index in [-0.39, 0.29) is 11.6 Å². The van der Waals surface area contributed by atoms with E-state index in [1.54, 1.807) is 12.4 Å². The van der Waals surface area contributed by atoms with Gasteiger partial charge < -0.3 is 10.1 Å². The predicted molar refractivity (Wildman–Crippen MR) is 64.0 cm³/mol. The highest BCUT2D eigenvalue weighted by atomic mass is 16.5. The summed E-state index contributed by atoms with van der Waals surface area (Å²) in [6.45, 7) is 0.424.